The van der Waals surface area contributed by atoms with Gasteiger partial charge in [0.15, 0.2) is 6.10 Å². The Bertz CT molecular complexity index is 1430. The number of halogens is 4. The Kier molecular flexibility index (Phi) is 13.6. The highest BCUT2D eigenvalue weighted by Gasteiger charge is 2.31. The van der Waals surface area contributed by atoms with Gasteiger partial charge in [-0.2, -0.15) is 8.42 Å². The lowest BCUT2D eigenvalue weighted by Crippen LogP contribution is -2.40. The fraction of sp³-hybridized carbons (Fsp3) is 0.419. The molecule has 1 N–H and O–H groups in total. The maximum absolute atomic E-state index is 15.7. The second kappa shape index (κ2) is 16.4. The summed E-state index contributed by atoms with van der Waals surface area (Å²) in [6, 6.07) is 3.15. The van der Waals surface area contributed by atoms with Crippen molar-refractivity contribution in [3.63, 3.8) is 0 Å². The molecule has 0 spiro atoms. The van der Waals surface area contributed by atoms with Crippen molar-refractivity contribution in [1.82, 2.24) is 5.32 Å². The lowest BCUT2D eigenvalue weighted by atomic mass is 9.88. The van der Waals surface area contributed by atoms with Crippen molar-refractivity contribution >= 4 is 22.0 Å². The van der Waals surface area contributed by atoms with Gasteiger partial charge >= 0.3 is 5.97 Å². The highest BCUT2D eigenvalue weighted by Crippen LogP contribution is 2.37. The molecule has 0 unspecified atom stereocenters. The van der Waals surface area contributed by atoms with Gasteiger partial charge in [0.05, 0.1) is 30.9 Å². The number of hydrogen-bond donors (Lipinski definition) is 1. The van der Waals surface area contributed by atoms with E-state index in [9.17, 15) is 31.2 Å². The molecule has 0 radical (unpaired) electrons. The molecular formula is C31H37F4NO6S. The lowest BCUT2D eigenvalue weighted by molar-refractivity contribution is -0.144. The van der Waals surface area contributed by atoms with E-state index in [0.29, 0.717) is 29.5 Å². The number of amides is 1. The minimum absolute atomic E-state index is 0.0510. The summed E-state index contributed by atoms with van der Waals surface area (Å²) in [4.78, 5) is 25.6. The van der Waals surface area contributed by atoms with Crippen LogP contribution in [0.2, 0.25) is 0 Å². The van der Waals surface area contributed by atoms with Crippen molar-refractivity contribution in [3.8, 4) is 11.1 Å². The smallest absolute Gasteiger partial charge is 0.308 e. The van der Waals surface area contributed by atoms with Gasteiger partial charge < -0.3 is 10.1 Å². The Hall–Kier alpha value is -3.51. The van der Waals surface area contributed by atoms with Gasteiger partial charge in [-0.25, -0.2) is 17.6 Å². The zero-order chi connectivity index (χ0) is 32.3. The molecule has 0 aliphatic rings. The van der Waals surface area contributed by atoms with E-state index in [1.807, 2.05) is 0 Å². The van der Waals surface area contributed by atoms with Crippen molar-refractivity contribution in [3.05, 3.63) is 83.5 Å². The molecule has 0 saturated carbocycles. The van der Waals surface area contributed by atoms with Crippen LogP contribution in [0.5, 0.6) is 0 Å². The van der Waals surface area contributed by atoms with Crippen molar-refractivity contribution < 1.29 is 44.5 Å². The predicted molar refractivity (Wildman–Crippen MR) is 156 cm³/mol. The van der Waals surface area contributed by atoms with E-state index in [4.69, 9.17) is 8.92 Å². The summed E-state index contributed by atoms with van der Waals surface area (Å²) in [7, 11) is -4.13. The van der Waals surface area contributed by atoms with Crippen LogP contribution in [0.3, 0.4) is 0 Å². The van der Waals surface area contributed by atoms with Crippen LogP contribution in [0.4, 0.5) is 17.6 Å². The summed E-state index contributed by atoms with van der Waals surface area (Å²) in [6.07, 6.45) is 0.379. The van der Waals surface area contributed by atoms with Crippen molar-refractivity contribution in [2.45, 2.75) is 70.9 Å². The van der Waals surface area contributed by atoms with Gasteiger partial charge in [0.25, 0.3) is 22.5 Å². The van der Waals surface area contributed by atoms with E-state index in [1.54, 1.807) is 13.0 Å². The largest absolute Gasteiger partial charge is 0.466 e. The van der Waals surface area contributed by atoms with Gasteiger partial charge in [-0.05, 0) is 86.1 Å². The standard InChI is InChI=1S/C31H37F4NO6S/c1-6-9-10-11-13-20-15-22(32)14-19(4)28(20)21-16-23(29(33)24(17-21)30(34)35)25(18-27(37)41-8-3)36-31(38)26(12-7-2)42-43(5,39)40/h6-7,14-17,25-26,30H,1-2,8-13,18H2,3-5H3,(H,36,38)/t25-,26+/m0/s1. The molecule has 0 heterocycles. The monoisotopic (exact) mass is 627 g/mol. The maximum Gasteiger partial charge on any atom is 0.308 e. The van der Waals surface area contributed by atoms with Crippen molar-refractivity contribution in [2.75, 3.05) is 12.9 Å². The Balaban J connectivity index is 2.74. The highest BCUT2D eigenvalue weighted by atomic mass is 32.2. The van der Waals surface area contributed by atoms with E-state index in [2.05, 4.69) is 18.5 Å². The number of allylic oxidation sites excluding steroid dienone is 1. The van der Waals surface area contributed by atoms with Gasteiger partial charge in [-0.15, -0.1) is 13.2 Å². The van der Waals surface area contributed by atoms with Gasteiger partial charge in [0.2, 0.25) is 0 Å². The average Bonchev–Trinajstić information content (AvgIpc) is 2.90. The van der Waals surface area contributed by atoms with Crippen LogP contribution in [0.1, 0.15) is 73.7 Å². The fourth-order valence-electron chi connectivity index (χ4n) is 4.70. The third-order valence-electron chi connectivity index (χ3n) is 6.47. The number of nitrogens with one attached hydrogen (secondary N) is 1. The lowest BCUT2D eigenvalue weighted by Gasteiger charge is -2.24. The molecule has 7 nitrogen and oxygen atoms in total. The minimum atomic E-state index is -4.13. The third-order valence-corrected chi connectivity index (χ3v) is 7.05. The maximum atomic E-state index is 15.7. The number of carbonyl (C=O) groups is 2. The van der Waals surface area contributed by atoms with Crippen LogP contribution < -0.4 is 5.32 Å². The second-order valence-electron chi connectivity index (χ2n) is 9.94. The summed E-state index contributed by atoms with van der Waals surface area (Å²) >= 11 is 0. The number of carbonyl (C=O) groups excluding carboxylic acids is 2. The normalized spacial score (nSPS) is 12.9. The number of rotatable bonds is 17. The summed E-state index contributed by atoms with van der Waals surface area (Å²) < 4.78 is 91.8. The summed E-state index contributed by atoms with van der Waals surface area (Å²) in [5.41, 5.74) is 0.00237. The number of esters is 1. The van der Waals surface area contributed by atoms with E-state index >= 15 is 4.39 Å². The summed E-state index contributed by atoms with van der Waals surface area (Å²) in [6.45, 7) is 10.2. The Morgan fingerprint density at radius 3 is 2.30 bits per heavy atom. The zero-order valence-electron chi connectivity index (χ0n) is 24.4. The van der Waals surface area contributed by atoms with Gasteiger partial charge in [-0.1, -0.05) is 12.2 Å². The number of benzene rings is 2. The molecule has 0 aromatic heterocycles. The van der Waals surface area contributed by atoms with E-state index < -0.39 is 69.7 Å². The Labute approximate surface area is 250 Å². The Morgan fingerprint density at radius 2 is 1.72 bits per heavy atom. The fourth-order valence-corrected chi connectivity index (χ4v) is 5.28. The molecule has 0 fully saturated rings. The SMILES string of the molecule is C=CCCCCc1cc(F)cc(C)c1-c1cc(C(F)F)c(F)c([C@H](CC(=O)OCC)NC(=O)[C@@H](CC=C)OS(C)(=O)=O)c1. The molecule has 2 aromatic carbocycles. The first kappa shape index (κ1) is 35.7. The van der Waals surface area contributed by atoms with Crippen LogP contribution >= 0.6 is 0 Å². The van der Waals surface area contributed by atoms with Gasteiger partial charge in [0.1, 0.15) is 11.6 Å². The number of ether oxygens (including phenoxy) is 1. The van der Waals surface area contributed by atoms with E-state index in [1.165, 1.54) is 31.2 Å². The predicted octanol–water partition coefficient (Wildman–Crippen LogP) is 6.81. The van der Waals surface area contributed by atoms with Gasteiger partial charge in [0, 0.05) is 12.0 Å². The molecule has 236 valence electrons. The van der Waals surface area contributed by atoms with E-state index in [-0.39, 0.29) is 18.6 Å². The number of unbranched alkanes of at least 4 members (excludes halogenated alkanes) is 2. The molecule has 0 aliphatic carbocycles. The molecule has 0 bridgehead atoms. The zero-order valence-corrected chi connectivity index (χ0v) is 25.2. The highest BCUT2D eigenvalue weighted by molar-refractivity contribution is 7.86. The second-order valence-corrected chi connectivity index (χ2v) is 11.5. The van der Waals surface area contributed by atoms with Crippen LogP contribution in [0, 0.1) is 18.6 Å². The first-order valence-electron chi connectivity index (χ1n) is 13.7. The third kappa shape index (κ3) is 10.6. The quantitative estimate of drug-likeness (QED) is 0.0681. The first-order chi connectivity index (χ1) is 20.2. The summed E-state index contributed by atoms with van der Waals surface area (Å²) in [5, 5.41) is 2.37. The minimum Gasteiger partial charge on any atom is -0.466 e. The first-order valence-corrected chi connectivity index (χ1v) is 15.5. The van der Waals surface area contributed by atoms with Crippen LogP contribution in [-0.2, 0) is 35.0 Å². The number of aryl methyl sites for hydroxylation is 2. The van der Waals surface area contributed by atoms with E-state index in [0.717, 1.165) is 25.2 Å². The number of alkyl halides is 2. The molecule has 0 saturated heterocycles. The molecule has 2 aromatic rings. The average molecular weight is 628 g/mol. The summed E-state index contributed by atoms with van der Waals surface area (Å²) in [5.74, 6) is -3.82. The molecule has 0 aliphatic heterocycles. The number of hydrogen-bond acceptors (Lipinski definition) is 6. The molecule has 12 heteroatoms. The Morgan fingerprint density at radius 1 is 1.05 bits per heavy atom. The van der Waals surface area contributed by atoms with Crippen molar-refractivity contribution in [2.24, 2.45) is 0 Å². The molecule has 1 amide bonds. The topological polar surface area (TPSA) is 98.8 Å². The van der Waals surface area contributed by atoms with Crippen LogP contribution in [-0.4, -0.2) is 39.3 Å². The van der Waals surface area contributed by atoms with Gasteiger partial charge in [-0.3, -0.25) is 13.8 Å². The molecule has 2 rings (SSSR count). The molecule has 43 heavy (non-hydrogen) atoms. The van der Waals surface area contributed by atoms with Crippen LogP contribution in [0.25, 0.3) is 11.1 Å². The van der Waals surface area contributed by atoms with Crippen molar-refractivity contribution in [1.29, 1.82) is 0 Å². The molecule has 2 atom stereocenters. The molecular weight excluding hydrogens is 590 g/mol. The van der Waals surface area contributed by atoms with Crippen LogP contribution in [0.15, 0.2) is 49.6 Å².